The Kier molecular flexibility index (Phi) is 7.60. The lowest BCUT2D eigenvalue weighted by Gasteiger charge is -2.33. The van der Waals surface area contributed by atoms with Crippen LogP contribution in [0.3, 0.4) is 0 Å². The number of amides is 1. The van der Waals surface area contributed by atoms with Crippen molar-refractivity contribution >= 4 is 28.6 Å². The average molecular weight is 557 g/mol. The summed E-state index contributed by atoms with van der Waals surface area (Å²) in [4.78, 5) is 37.1. The highest BCUT2D eigenvalue weighted by Gasteiger charge is 2.40. The van der Waals surface area contributed by atoms with E-state index in [2.05, 4.69) is 39.6 Å². The molecule has 11 heteroatoms. The average Bonchev–Trinajstić information content (AvgIpc) is 3.65. The molecule has 2 aliphatic carbocycles. The van der Waals surface area contributed by atoms with Crippen molar-refractivity contribution in [2.75, 3.05) is 24.7 Å². The molecule has 0 spiro atoms. The SMILES string of the molecule is CC1CC1C(=O)Nc1c(F)cc(-c2cc3cnc(N[C@H]4CC[C@H](N(C)C)CC4)nc3n(C(C)C)c2=O)c(F)c1F. The van der Waals surface area contributed by atoms with Gasteiger partial charge in [0, 0.05) is 41.2 Å². The molecule has 2 heterocycles. The molecule has 5 rings (SSSR count). The number of anilines is 2. The van der Waals surface area contributed by atoms with Gasteiger partial charge < -0.3 is 15.5 Å². The van der Waals surface area contributed by atoms with Crippen LogP contribution >= 0.6 is 0 Å². The molecule has 8 nitrogen and oxygen atoms in total. The van der Waals surface area contributed by atoms with Gasteiger partial charge in [0.1, 0.15) is 11.3 Å². The Morgan fingerprint density at radius 3 is 2.35 bits per heavy atom. The molecule has 2 saturated carbocycles. The zero-order valence-corrected chi connectivity index (χ0v) is 23.4. The number of benzene rings is 1. The van der Waals surface area contributed by atoms with Crippen LogP contribution in [-0.2, 0) is 4.79 Å². The topological polar surface area (TPSA) is 92.2 Å². The predicted octanol–water partition coefficient (Wildman–Crippen LogP) is 5.34. The summed E-state index contributed by atoms with van der Waals surface area (Å²) in [6.45, 7) is 5.40. The molecule has 2 N–H and O–H groups in total. The van der Waals surface area contributed by atoms with E-state index >= 15 is 13.2 Å². The number of nitrogens with zero attached hydrogens (tertiary/aromatic N) is 4. The zero-order chi connectivity index (χ0) is 28.9. The molecular weight excluding hydrogens is 521 g/mol. The maximum Gasteiger partial charge on any atom is 0.260 e. The number of carbonyl (C=O) groups excluding carboxylic acids is 1. The van der Waals surface area contributed by atoms with Gasteiger partial charge in [0.2, 0.25) is 11.9 Å². The van der Waals surface area contributed by atoms with Crippen molar-refractivity contribution < 1.29 is 18.0 Å². The molecule has 1 amide bonds. The first-order valence-corrected chi connectivity index (χ1v) is 13.8. The third-order valence-electron chi connectivity index (χ3n) is 8.19. The Morgan fingerprint density at radius 2 is 1.75 bits per heavy atom. The van der Waals surface area contributed by atoms with Gasteiger partial charge in [-0.3, -0.25) is 14.2 Å². The fourth-order valence-electron chi connectivity index (χ4n) is 5.59. The summed E-state index contributed by atoms with van der Waals surface area (Å²) in [5.74, 6) is -4.54. The van der Waals surface area contributed by atoms with Crippen LogP contribution in [0.2, 0.25) is 0 Å². The Labute approximate surface area is 231 Å². The number of carbonyl (C=O) groups is 1. The van der Waals surface area contributed by atoms with Crippen molar-refractivity contribution in [2.45, 2.75) is 71.0 Å². The molecule has 2 fully saturated rings. The smallest absolute Gasteiger partial charge is 0.260 e. The number of hydrogen-bond donors (Lipinski definition) is 2. The molecule has 2 atom stereocenters. The third-order valence-corrected chi connectivity index (χ3v) is 8.19. The fourth-order valence-corrected chi connectivity index (χ4v) is 5.59. The molecule has 2 unspecified atom stereocenters. The maximum atomic E-state index is 15.3. The Morgan fingerprint density at radius 1 is 1.07 bits per heavy atom. The molecule has 0 saturated heterocycles. The Balaban J connectivity index is 1.49. The van der Waals surface area contributed by atoms with E-state index in [1.807, 2.05) is 6.92 Å². The minimum Gasteiger partial charge on any atom is -0.351 e. The second-order valence-electron chi connectivity index (χ2n) is 11.6. The second-order valence-corrected chi connectivity index (χ2v) is 11.6. The Hall–Kier alpha value is -3.47. The van der Waals surface area contributed by atoms with Gasteiger partial charge in [-0.15, -0.1) is 0 Å². The highest BCUT2D eigenvalue weighted by atomic mass is 19.2. The summed E-state index contributed by atoms with van der Waals surface area (Å²) in [6, 6.07) is 2.46. The van der Waals surface area contributed by atoms with Crippen LogP contribution < -0.4 is 16.2 Å². The molecular formula is C29H35F3N6O2. The first-order valence-electron chi connectivity index (χ1n) is 13.8. The van der Waals surface area contributed by atoms with E-state index in [0.29, 0.717) is 29.4 Å². The minimum absolute atomic E-state index is 0.110. The van der Waals surface area contributed by atoms with Crippen molar-refractivity contribution in [1.82, 2.24) is 19.4 Å². The van der Waals surface area contributed by atoms with Crippen molar-refractivity contribution in [1.29, 1.82) is 0 Å². The number of nitrogens with one attached hydrogen (secondary N) is 2. The minimum atomic E-state index is -1.55. The largest absolute Gasteiger partial charge is 0.351 e. The molecule has 0 bridgehead atoms. The summed E-state index contributed by atoms with van der Waals surface area (Å²) < 4.78 is 46.7. The molecule has 0 aliphatic heterocycles. The second kappa shape index (κ2) is 10.8. The van der Waals surface area contributed by atoms with Gasteiger partial charge in [-0.05, 0) is 78.1 Å². The lowest BCUT2D eigenvalue weighted by molar-refractivity contribution is -0.117. The van der Waals surface area contributed by atoms with Crippen LogP contribution in [0.4, 0.5) is 24.8 Å². The highest BCUT2D eigenvalue weighted by Crippen LogP contribution is 2.39. The fraction of sp³-hybridized carbons (Fsp3) is 0.517. The normalized spacial score (nSPS) is 22.6. The summed E-state index contributed by atoms with van der Waals surface area (Å²) in [6.07, 6.45) is 6.17. The van der Waals surface area contributed by atoms with Crippen LogP contribution in [0.25, 0.3) is 22.2 Å². The van der Waals surface area contributed by atoms with Crippen LogP contribution in [-0.4, -0.2) is 51.5 Å². The molecule has 214 valence electrons. The Bertz CT molecular complexity index is 1510. The van der Waals surface area contributed by atoms with E-state index in [1.165, 1.54) is 16.8 Å². The van der Waals surface area contributed by atoms with Gasteiger partial charge in [-0.2, -0.15) is 4.98 Å². The highest BCUT2D eigenvalue weighted by molar-refractivity contribution is 5.95. The van der Waals surface area contributed by atoms with Gasteiger partial charge in [0.15, 0.2) is 17.5 Å². The first-order chi connectivity index (χ1) is 19.0. The van der Waals surface area contributed by atoms with E-state index in [-0.39, 0.29) is 29.5 Å². The molecule has 2 aliphatic rings. The summed E-state index contributed by atoms with van der Waals surface area (Å²) >= 11 is 0. The van der Waals surface area contributed by atoms with Gasteiger partial charge >= 0.3 is 0 Å². The van der Waals surface area contributed by atoms with Gasteiger partial charge in [-0.25, -0.2) is 18.2 Å². The number of aromatic nitrogens is 3. The maximum absolute atomic E-state index is 15.3. The third kappa shape index (κ3) is 5.31. The van der Waals surface area contributed by atoms with Crippen molar-refractivity contribution in [3.05, 3.63) is 46.1 Å². The molecule has 40 heavy (non-hydrogen) atoms. The molecule has 3 aromatic rings. The number of pyridine rings is 1. The van der Waals surface area contributed by atoms with E-state index in [1.54, 1.807) is 13.8 Å². The first kappa shape index (κ1) is 28.1. The van der Waals surface area contributed by atoms with Gasteiger partial charge in [0.05, 0.1) is 5.56 Å². The lowest BCUT2D eigenvalue weighted by atomic mass is 9.91. The predicted molar refractivity (Wildman–Crippen MR) is 149 cm³/mol. The summed E-state index contributed by atoms with van der Waals surface area (Å²) in [5, 5.41) is 5.97. The summed E-state index contributed by atoms with van der Waals surface area (Å²) in [7, 11) is 4.17. The molecule has 2 aromatic heterocycles. The van der Waals surface area contributed by atoms with Gasteiger partial charge in [0.25, 0.3) is 5.56 Å². The lowest BCUT2D eigenvalue weighted by Crippen LogP contribution is -2.36. The number of hydrogen-bond acceptors (Lipinski definition) is 6. The van der Waals surface area contributed by atoms with Crippen LogP contribution in [0, 0.1) is 29.3 Å². The zero-order valence-electron chi connectivity index (χ0n) is 23.4. The van der Waals surface area contributed by atoms with Crippen LogP contribution in [0.5, 0.6) is 0 Å². The van der Waals surface area contributed by atoms with Crippen molar-refractivity contribution in [3.8, 4) is 11.1 Å². The number of halogens is 3. The standard InChI is InChI=1S/C29H35F3N6O2/c1-14(2)38-26-16(13-33-29(36-26)34-17-6-8-18(9-7-17)37(4)5)11-21(28(38)40)20-12-22(30)25(24(32)23(20)31)35-27(39)19-10-15(19)3/h11-15,17-19H,6-10H2,1-5H3,(H,35,39)(H,33,34,36)/t15?,17-,18-,19?. The van der Waals surface area contributed by atoms with E-state index < -0.39 is 40.2 Å². The quantitative estimate of drug-likeness (QED) is 0.382. The number of rotatable bonds is 7. The van der Waals surface area contributed by atoms with Crippen LogP contribution in [0.1, 0.15) is 58.9 Å². The van der Waals surface area contributed by atoms with Crippen molar-refractivity contribution in [3.63, 3.8) is 0 Å². The molecule has 1 aromatic carbocycles. The number of fused-ring (bicyclic) bond motifs is 1. The summed E-state index contributed by atoms with van der Waals surface area (Å²) in [5.41, 5.74) is -1.91. The van der Waals surface area contributed by atoms with Crippen LogP contribution in [0.15, 0.2) is 23.1 Å². The van der Waals surface area contributed by atoms with E-state index in [0.717, 1.165) is 31.7 Å². The monoisotopic (exact) mass is 556 g/mol. The van der Waals surface area contributed by atoms with Gasteiger partial charge in [-0.1, -0.05) is 6.92 Å². The van der Waals surface area contributed by atoms with E-state index in [9.17, 15) is 9.59 Å². The van der Waals surface area contributed by atoms with E-state index in [4.69, 9.17) is 0 Å². The van der Waals surface area contributed by atoms with Crippen molar-refractivity contribution in [2.24, 2.45) is 11.8 Å². The molecule has 0 radical (unpaired) electrons.